The molecule has 3 atom stereocenters. The summed E-state index contributed by atoms with van der Waals surface area (Å²) in [5.41, 5.74) is 7.27. The lowest BCUT2D eigenvalue weighted by molar-refractivity contribution is 0.0133. The molecular weight excluding hydrogens is 698 g/mol. The van der Waals surface area contributed by atoms with Crippen LogP contribution in [-0.4, -0.2) is 108 Å². The first-order chi connectivity index (χ1) is 26.4. The molecule has 2 aliphatic heterocycles. The molecule has 5 aromatic heterocycles. The predicted octanol–water partition coefficient (Wildman–Crippen LogP) is 0.377. The van der Waals surface area contributed by atoms with Crippen molar-refractivity contribution in [3.8, 4) is 23.7 Å². The van der Waals surface area contributed by atoms with Gasteiger partial charge in [-0.2, -0.15) is 10.5 Å². The number of primary amides is 1. The van der Waals surface area contributed by atoms with Crippen molar-refractivity contribution in [3.63, 3.8) is 0 Å². The van der Waals surface area contributed by atoms with Crippen LogP contribution in [0.15, 0.2) is 41.3 Å². The Hall–Kier alpha value is -7.01. The zero-order valence-electron chi connectivity index (χ0n) is 28.8. The van der Waals surface area contributed by atoms with Crippen LogP contribution < -0.4 is 37.2 Å². The Morgan fingerprint density at radius 3 is 2.37 bits per heavy atom. The highest BCUT2D eigenvalue weighted by atomic mass is 16.5. The number of nitrogens with one attached hydrogen (secondary N) is 5. The summed E-state index contributed by atoms with van der Waals surface area (Å²) in [5.74, 6) is 1.61. The number of carbonyl (C=O) groups is 1. The highest BCUT2D eigenvalue weighted by Crippen LogP contribution is 2.30. The molecule has 7 rings (SSSR count). The largest absolute Gasteiger partial charge is 0.419 e. The van der Waals surface area contributed by atoms with E-state index in [-0.39, 0.29) is 35.7 Å². The minimum Gasteiger partial charge on any atom is -0.419 e. The zero-order chi connectivity index (χ0) is 37.4. The van der Waals surface area contributed by atoms with E-state index in [1.165, 1.54) is 24.8 Å². The van der Waals surface area contributed by atoms with E-state index in [4.69, 9.17) is 20.1 Å². The lowest BCUT2D eigenvalue weighted by atomic mass is 10.1. The van der Waals surface area contributed by atoms with Crippen molar-refractivity contribution in [2.75, 3.05) is 60.2 Å². The van der Waals surface area contributed by atoms with Crippen molar-refractivity contribution in [1.82, 2.24) is 61.2 Å². The van der Waals surface area contributed by atoms with Crippen LogP contribution in [0.3, 0.4) is 0 Å². The van der Waals surface area contributed by atoms with Gasteiger partial charge in [0.2, 0.25) is 5.89 Å². The molecule has 0 radical (unpaired) electrons. The van der Waals surface area contributed by atoms with Gasteiger partial charge in [-0.1, -0.05) is 0 Å². The molecule has 0 aromatic carbocycles. The van der Waals surface area contributed by atoms with Crippen LogP contribution in [0.4, 0.5) is 34.6 Å². The van der Waals surface area contributed by atoms with Gasteiger partial charge in [0.05, 0.1) is 48.9 Å². The van der Waals surface area contributed by atoms with Gasteiger partial charge in [0.25, 0.3) is 11.8 Å². The number of hydrogen-bond acceptors (Lipinski definition) is 21. The first-order valence-electron chi connectivity index (χ1n) is 16.8. The monoisotopic (exact) mass is 731 g/mol. The van der Waals surface area contributed by atoms with Gasteiger partial charge in [0.1, 0.15) is 24.1 Å². The number of carbonyl (C=O) groups excluding carboxylic acids is 1. The van der Waals surface area contributed by atoms with E-state index in [0.717, 1.165) is 19.5 Å². The molecule has 7 N–H and O–H groups in total. The van der Waals surface area contributed by atoms with Crippen LogP contribution in [0.1, 0.15) is 34.2 Å². The molecule has 0 spiro atoms. The van der Waals surface area contributed by atoms with Gasteiger partial charge in [0.15, 0.2) is 40.2 Å². The molecule has 22 nitrogen and oxygen atoms in total. The molecule has 0 saturated carbocycles. The fourth-order valence-electron chi connectivity index (χ4n) is 5.75. The van der Waals surface area contributed by atoms with Crippen LogP contribution in [0.25, 0.3) is 11.6 Å². The summed E-state index contributed by atoms with van der Waals surface area (Å²) in [6, 6.07) is 7.30. The van der Waals surface area contributed by atoms with E-state index in [9.17, 15) is 10.1 Å². The Labute approximate surface area is 307 Å². The fourth-order valence-corrected chi connectivity index (χ4v) is 5.75. The van der Waals surface area contributed by atoms with E-state index in [1.807, 2.05) is 12.1 Å². The highest BCUT2D eigenvalue weighted by Gasteiger charge is 2.31. The fraction of sp³-hybridized carbons (Fsp3) is 0.344. The number of anilines is 6. The average molecular weight is 732 g/mol. The first kappa shape index (κ1) is 35.4. The van der Waals surface area contributed by atoms with Crippen LogP contribution in [-0.2, 0) is 4.74 Å². The molecule has 7 heterocycles. The predicted molar refractivity (Wildman–Crippen MR) is 189 cm³/mol. The summed E-state index contributed by atoms with van der Waals surface area (Å²) in [4.78, 5) is 30.9. The number of nitrogens with zero attached hydrogens (tertiary/aromatic N) is 13. The molecule has 54 heavy (non-hydrogen) atoms. The second-order valence-electron chi connectivity index (χ2n) is 12.2. The number of ether oxygens (including phenoxy) is 1. The molecule has 1 amide bonds. The van der Waals surface area contributed by atoms with E-state index in [0.29, 0.717) is 71.8 Å². The van der Waals surface area contributed by atoms with Crippen molar-refractivity contribution in [3.05, 3.63) is 59.9 Å². The van der Waals surface area contributed by atoms with Gasteiger partial charge in [-0.25, -0.2) is 19.9 Å². The Morgan fingerprint density at radius 2 is 1.72 bits per heavy atom. The Bertz CT molecular complexity index is 2170. The molecule has 5 aromatic rings. The van der Waals surface area contributed by atoms with Gasteiger partial charge in [-0.3, -0.25) is 15.0 Å². The molecular formula is C32H33N19O3. The molecule has 2 fully saturated rings. The van der Waals surface area contributed by atoms with E-state index < -0.39 is 12.1 Å². The zero-order valence-corrected chi connectivity index (χ0v) is 28.8. The number of aromatic nitrogens is 10. The standard InChI is InChI=1S/C32H33N19O3/c1-17-45-50-32(54-17)30-22(4-24(46-49-30)44-25-14-37-19(6-33)10-41-25)40-12-21-13-43-28(16-53-21)51(27-15-38-20(7-34)11-42-27)26-5-23(29(31(35)52)48-47-26)39-9-18-2-3-36-8-18/h4-5,10-11,14-15,18,21,28,36,43H,2-3,8-9,12-13,16H2,1H3,(H2,35,52)(H,39,47)(H2,40,41,44,46). The van der Waals surface area contributed by atoms with E-state index >= 15 is 0 Å². The second-order valence-corrected chi connectivity index (χ2v) is 12.2. The Kier molecular flexibility index (Phi) is 10.6. The number of nitrogens with two attached hydrogens (primary N) is 1. The smallest absolute Gasteiger partial charge is 0.271 e. The van der Waals surface area contributed by atoms with Crippen molar-refractivity contribution < 1.29 is 13.9 Å². The SMILES string of the molecule is Cc1nnc(-c2nnc(Nc3cnc(C#N)cn3)cc2NCC2CNC(N(c3cnc(C#N)cn3)c3cc(NCC4CCNC4)c(C(N)=O)nn3)CO2)o1. The summed E-state index contributed by atoms with van der Waals surface area (Å²) in [6.45, 7) is 4.94. The quantitative estimate of drug-likeness (QED) is 0.0953. The number of amides is 1. The van der Waals surface area contributed by atoms with Crippen molar-refractivity contribution in [2.24, 2.45) is 11.7 Å². The third-order valence-electron chi connectivity index (χ3n) is 8.45. The maximum absolute atomic E-state index is 12.3. The molecule has 0 aliphatic carbocycles. The van der Waals surface area contributed by atoms with Crippen LogP contribution in [0.5, 0.6) is 0 Å². The third-order valence-corrected chi connectivity index (χ3v) is 8.45. The van der Waals surface area contributed by atoms with E-state index in [2.05, 4.69) is 77.1 Å². The molecule has 2 aliphatic rings. The van der Waals surface area contributed by atoms with Gasteiger partial charge < -0.3 is 36.2 Å². The van der Waals surface area contributed by atoms with Crippen LogP contribution in [0.2, 0.25) is 0 Å². The maximum atomic E-state index is 12.3. The molecule has 0 bridgehead atoms. The highest BCUT2D eigenvalue weighted by molar-refractivity contribution is 5.96. The van der Waals surface area contributed by atoms with Gasteiger partial charge >= 0.3 is 0 Å². The van der Waals surface area contributed by atoms with Gasteiger partial charge in [-0.15, -0.1) is 30.6 Å². The van der Waals surface area contributed by atoms with Crippen molar-refractivity contribution in [1.29, 1.82) is 10.5 Å². The van der Waals surface area contributed by atoms with Crippen molar-refractivity contribution >= 4 is 40.6 Å². The Morgan fingerprint density at radius 1 is 0.907 bits per heavy atom. The normalized spacial score (nSPS) is 17.9. The number of nitriles is 2. The molecule has 2 saturated heterocycles. The summed E-state index contributed by atoms with van der Waals surface area (Å²) < 4.78 is 12.0. The lowest BCUT2D eigenvalue weighted by Gasteiger charge is -2.37. The summed E-state index contributed by atoms with van der Waals surface area (Å²) in [7, 11) is 0. The summed E-state index contributed by atoms with van der Waals surface area (Å²) in [6.07, 6.45) is 5.73. The first-order valence-corrected chi connectivity index (χ1v) is 16.8. The van der Waals surface area contributed by atoms with Gasteiger partial charge in [0, 0.05) is 38.7 Å². The minimum atomic E-state index is -0.715. The van der Waals surface area contributed by atoms with Crippen molar-refractivity contribution in [2.45, 2.75) is 25.6 Å². The molecule has 3 unspecified atom stereocenters. The van der Waals surface area contributed by atoms with Crippen LogP contribution in [0, 0.1) is 35.5 Å². The number of aryl methyl sites for hydroxylation is 1. The number of hydrogen-bond donors (Lipinski definition) is 6. The summed E-state index contributed by atoms with van der Waals surface area (Å²) in [5, 5.41) is 60.0. The number of rotatable bonds is 13. The van der Waals surface area contributed by atoms with E-state index in [1.54, 1.807) is 24.0 Å². The lowest BCUT2D eigenvalue weighted by Crippen LogP contribution is -2.55. The maximum Gasteiger partial charge on any atom is 0.271 e. The second kappa shape index (κ2) is 16.1. The minimum absolute atomic E-state index is 0.0124. The number of morpholine rings is 1. The average Bonchev–Trinajstić information content (AvgIpc) is 3.89. The van der Waals surface area contributed by atoms with Gasteiger partial charge in [-0.05, 0) is 25.4 Å². The van der Waals surface area contributed by atoms with Crippen LogP contribution >= 0.6 is 0 Å². The Balaban J connectivity index is 1.08. The molecule has 274 valence electrons. The molecule has 22 heteroatoms. The topological polar surface area (TPSA) is 305 Å². The summed E-state index contributed by atoms with van der Waals surface area (Å²) >= 11 is 0. The third kappa shape index (κ3) is 8.21.